The topological polar surface area (TPSA) is 55.6 Å². The highest BCUT2D eigenvalue weighted by Crippen LogP contribution is 2.29. The van der Waals surface area contributed by atoms with Crippen molar-refractivity contribution in [3.63, 3.8) is 0 Å². The van der Waals surface area contributed by atoms with Gasteiger partial charge in [0, 0.05) is 13.1 Å². The van der Waals surface area contributed by atoms with Gasteiger partial charge in [0.2, 0.25) is 0 Å². The number of fused-ring (bicyclic) bond motifs is 1. The lowest BCUT2D eigenvalue weighted by molar-refractivity contribution is 0.394. The van der Waals surface area contributed by atoms with Crippen LogP contribution in [0, 0.1) is 6.92 Å². The Balaban J connectivity index is 2.02. The van der Waals surface area contributed by atoms with Crippen molar-refractivity contribution in [2.75, 3.05) is 6.54 Å². The minimum Gasteiger partial charge on any atom is -0.308 e. The van der Waals surface area contributed by atoms with Gasteiger partial charge >= 0.3 is 0 Å². The van der Waals surface area contributed by atoms with Crippen molar-refractivity contribution < 1.29 is 0 Å². The van der Waals surface area contributed by atoms with Crippen LogP contribution in [0.25, 0.3) is 10.7 Å². The summed E-state index contributed by atoms with van der Waals surface area (Å²) in [4.78, 5) is 5.44. The van der Waals surface area contributed by atoms with Crippen molar-refractivity contribution in [3.05, 3.63) is 17.0 Å². The van der Waals surface area contributed by atoms with Gasteiger partial charge in [-0.05, 0) is 13.3 Å². The number of hydrogen-bond acceptors (Lipinski definition) is 5. The van der Waals surface area contributed by atoms with Crippen molar-refractivity contribution in [2.24, 2.45) is 0 Å². The van der Waals surface area contributed by atoms with Crippen LogP contribution in [0.1, 0.15) is 37.3 Å². The molecule has 0 saturated heterocycles. The molecule has 0 aliphatic carbocycles. The molecule has 1 aliphatic rings. The number of rotatable bonds is 3. The van der Waals surface area contributed by atoms with Crippen LogP contribution in [0.4, 0.5) is 0 Å². The molecular formula is C12H17N5S. The van der Waals surface area contributed by atoms with Crippen molar-refractivity contribution in [2.45, 2.75) is 39.3 Å². The van der Waals surface area contributed by atoms with E-state index in [1.165, 1.54) is 0 Å². The molecule has 2 aromatic rings. The predicted octanol–water partition coefficient (Wildman–Crippen LogP) is 2.15. The normalized spacial score (nSPS) is 18.9. The number of hydrogen-bond donors (Lipinski definition) is 1. The summed E-state index contributed by atoms with van der Waals surface area (Å²) in [5.41, 5.74) is 2.91. The zero-order valence-corrected chi connectivity index (χ0v) is 11.5. The first kappa shape index (κ1) is 11.8. The number of nitrogens with one attached hydrogen (secondary N) is 1. The standard InChI is InChI=1S/C12H17N5S/c1-3-4-9-11-15-16-12(17(11)6-5-13-9)10-8(2)14-7-18-10/h7,9,13H,3-6H2,1-2H3. The molecule has 5 nitrogen and oxygen atoms in total. The smallest absolute Gasteiger partial charge is 0.176 e. The van der Waals surface area contributed by atoms with Gasteiger partial charge in [0.05, 0.1) is 22.1 Å². The maximum absolute atomic E-state index is 4.38. The Kier molecular flexibility index (Phi) is 3.13. The fraction of sp³-hybridized carbons (Fsp3) is 0.583. The number of aryl methyl sites for hydroxylation is 1. The van der Waals surface area contributed by atoms with Gasteiger partial charge in [-0.1, -0.05) is 13.3 Å². The van der Waals surface area contributed by atoms with Crippen molar-refractivity contribution >= 4 is 11.3 Å². The van der Waals surface area contributed by atoms with E-state index in [1.54, 1.807) is 11.3 Å². The minimum absolute atomic E-state index is 0.346. The zero-order chi connectivity index (χ0) is 12.5. The van der Waals surface area contributed by atoms with Crippen LogP contribution in [0.3, 0.4) is 0 Å². The maximum Gasteiger partial charge on any atom is 0.176 e. The van der Waals surface area contributed by atoms with Gasteiger partial charge in [-0.15, -0.1) is 21.5 Å². The molecule has 0 radical (unpaired) electrons. The van der Waals surface area contributed by atoms with Crippen LogP contribution in [0.15, 0.2) is 5.51 Å². The second-order valence-electron chi connectivity index (χ2n) is 4.60. The summed E-state index contributed by atoms with van der Waals surface area (Å²) in [6, 6.07) is 0.346. The Labute approximate surface area is 110 Å². The van der Waals surface area contributed by atoms with Gasteiger partial charge in [0.1, 0.15) is 0 Å². The molecule has 0 bridgehead atoms. The maximum atomic E-state index is 4.38. The van der Waals surface area contributed by atoms with Gasteiger partial charge < -0.3 is 9.88 Å². The van der Waals surface area contributed by atoms with E-state index in [1.807, 2.05) is 12.4 Å². The molecule has 6 heteroatoms. The molecular weight excluding hydrogens is 246 g/mol. The number of aromatic nitrogens is 4. The van der Waals surface area contributed by atoms with Crippen LogP contribution in [-0.4, -0.2) is 26.3 Å². The van der Waals surface area contributed by atoms with Crippen molar-refractivity contribution in [3.8, 4) is 10.7 Å². The monoisotopic (exact) mass is 263 g/mol. The molecule has 1 unspecified atom stereocenters. The van der Waals surface area contributed by atoms with Crippen LogP contribution < -0.4 is 5.32 Å². The molecule has 0 fully saturated rings. The highest BCUT2D eigenvalue weighted by Gasteiger charge is 2.25. The Bertz CT molecular complexity index is 544. The summed E-state index contributed by atoms with van der Waals surface area (Å²) in [5.74, 6) is 2.05. The average Bonchev–Trinajstić information content (AvgIpc) is 2.96. The van der Waals surface area contributed by atoms with Gasteiger partial charge in [0.25, 0.3) is 0 Å². The van der Waals surface area contributed by atoms with E-state index >= 15 is 0 Å². The highest BCUT2D eigenvalue weighted by atomic mass is 32.1. The summed E-state index contributed by atoms with van der Waals surface area (Å²) in [7, 11) is 0. The fourth-order valence-corrected chi connectivity index (χ4v) is 3.24. The SMILES string of the molecule is CCCC1NCCn2c(-c3scnc3C)nnc21. The van der Waals surface area contributed by atoms with Crippen molar-refractivity contribution in [1.82, 2.24) is 25.1 Å². The van der Waals surface area contributed by atoms with E-state index in [2.05, 4.69) is 32.0 Å². The highest BCUT2D eigenvalue weighted by molar-refractivity contribution is 7.13. The molecule has 1 N–H and O–H groups in total. The average molecular weight is 263 g/mol. The van der Waals surface area contributed by atoms with Crippen LogP contribution >= 0.6 is 11.3 Å². The Hall–Kier alpha value is -1.27. The van der Waals surface area contributed by atoms with Crippen LogP contribution in [0.5, 0.6) is 0 Å². The van der Waals surface area contributed by atoms with Gasteiger partial charge in [-0.2, -0.15) is 0 Å². The summed E-state index contributed by atoms with van der Waals surface area (Å²) < 4.78 is 2.25. The molecule has 1 aliphatic heterocycles. The minimum atomic E-state index is 0.346. The lowest BCUT2D eigenvalue weighted by Gasteiger charge is -2.24. The fourth-order valence-electron chi connectivity index (χ4n) is 2.44. The van der Waals surface area contributed by atoms with E-state index in [-0.39, 0.29) is 0 Å². The van der Waals surface area contributed by atoms with E-state index in [4.69, 9.17) is 0 Å². The predicted molar refractivity (Wildman–Crippen MR) is 71.5 cm³/mol. The van der Waals surface area contributed by atoms with E-state index in [9.17, 15) is 0 Å². The molecule has 0 saturated carbocycles. The third-order valence-corrected chi connectivity index (χ3v) is 4.27. The number of nitrogens with zero attached hydrogens (tertiary/aromatic N) is 4. The van der Waals surface area contributed by atoms with Crippen LogP contribution in [-0.2, 0) is 6.54 Å². The molecule has 0 aromatic carbocycles. The Morgan fingerprint density at radius 1 is 1.50 bits per heavy atom. The van der Waals surface area contributed by atoms with Crippen molar-refractivity contribution in [1.29, 1.82) is 0 Å². The second-order valence-corrected chi connectivity index (χ2v) is 5.45. The van der Waals surface area contributed by atoms with E-state index in [0.29, 0.717) is 6.04 Å². The molecule has 0 spiro atoms. The first-order chi connectivity index (χ1) is 8.81. The summed E-state index contributed by atoms with van der Waals surface area (Å²) in [6.45, 7) is 6.15. The lowest BCUT2D eigenvalue weighted by atomic mass is 10.1. The Morgan fingerprint density at radius 3 is 3.11 bits per heavy atom. The molecule has 1 atom stereocenters. The molecule has 18 heavy (non-hydrogen) atoms. The van der Waals surface area contributed by atoms with Crippen LogP contribution in [0.2, 0.25) is 0 Å². The first-order valence-corrected chi connectivity index (χ1v) is 7.26. The van der Waals surface area contributed by atoms with E-state index < -0.39 is 0 Å². The zero-order valence-electron chi connectivity index (χ0n) is 10.7. The lowest BCUT2D eigenvalue weighted by Crippen LogP contribution is -2.33. The first-order valence-electron chi connectivity index (χ1n) is 6.38. The van der Waals surface area contributed by atoms with Gasteiger partial charge in [-0.3, -0.25) is 0 Å². The third-order valence-electron chi connectivity index (χ3n) is 3.34. The second kappa shape index (κ2) is 4.78. The molecule has 3 heterocycles. The quantitative estimate of drug-likeness (QED) is 0.922. The summed E-state index contributed by atoms with van der Waals surface area (Å²) >= 11 is 1.64. The molecule has 0 amide bonds. The summed E-state index contributed by atoms with van der Waals surface area (Å²) in [6.07, 6.45) is 2.26. The number of thiazole rings is 1. The van der Waals surface area contributed by atoms with Gasteiger partial charge in [0.15, 0.2) is 11.6 Å². The van der Waals surface area contributed by atoms with E-state index in [0.717, 1.165) is 48.2 Å². The largest absolute Gasteiger partial charge is 0.308 e. The van der Waals surface area contributed by atoms with Gasteiger partial charge in [-0.25, -0.2) is 4.98 Å². The molecule has 2 aromatic heterocycles. The third kappa shape index (κ3) is 1.85. The molecule has 96 valence electrons. The summed E-state index contributed by atoms with van der Waals surface area (Å²) in [5, 5.41) is 12.3. The molecule has 3 rings (SSSR count). The Morgan fingerprint density at radius 2 is 2.39 bits per heavy atom.